The van der Waals surface area contributed by atoms with Gasteiger partial charge in [-0.2, -0.15) is 0 Å². The molecule has 0 saturated carbocycles. The molecule has 0 aromatic heterocycles. The van der Waals surface area contributed by atoms with E-state index in [0.717, 1.165) is 67.8 Å². The molecule has 140 valence electrons. The van der Waals surface area contributed by atoms with E-state index >= 15 is 0 Å². The highest BCUT2D eigenvalue weighted by Gasteiger charge is 2.20. The zero-order valence-electron chi connectivity index (χ0n) is 15.6. The van der Waals surface area contributed by atoms with E-state index in [1.165, 1.54) is 26.2 Å². The van der Waals surface area contributed by atoms with Crippen molar-refractivity contribution in [2.75, 3.05) is 77.5 Å². The highest BCUT2D eigenvalue weighted by molar-refractivity contribution is 6.33. The fourth-order valence-electron chi connectivity index (χ4n) is 3.55. The van der Waals surface area contributed by atoms with Crippen LogP contribution in [0.2, 0.25) is 5.02 Å². The number of piperazine rings is 2. The summed E-state index contributed by atoms with van der Waals surface area (Å²) in [6, 6.07) is 4.05. The van der Waals surface area contributed by atoms with Crippen LogP contribution in [0.5, 0.6) is 5.75 Å². The van der Waals surface area contributed by atoms with Gasteiger partial charge in [0.2, 0.25) is 0 Å². The van der Waals surface area contributed by atoms with Crippen LogP contribution in [0.15, 0.2) is 12.1 Å². The van der Waals surface area contributed by atoms with Gasteiger partial charge in [0.25, 0.3) is 0 Å². The Labute approximate surface area is 156 Å². The van der Waals surface area contributed by atoms with Gasteiger partial charge >= 0.3 is 0 Å². The van der Waals surface area contributed by atoms with E-state index in [1.807, 2.05) is 6.07 Å². The standard InChI is InChI=1S/C19H31ClN4O/c1-16-4-5-17(20)18(24-9-6-21-7-10-24)19(16)25-15-3-8-23-13-11-22(2)12-14-23/h4-5,21H,3,6-15H2,1-2H3. The number of aryl methyl sites for hydroxylation is 1. The zero-order chi connectivity index (χ0) is 17.6. The molecule has 1 N–H and O–H groups in total. The summed E-state index contributed by atoms with van der Waals surface area (Å²) in [5.74, 6) is 0.966. The van der Waals surface area contributed by atoms with Crippen molar-refractivity contribution < 1.29 is 4.74 Å². The molecule has 0 aliphatic carbocycles. The average Bonchev–Trinajstić information content (AvgIpc) is 2.63. The fourth-order valence-corrected chi connectivity index (χ4v) is 3.82. The second kappa shape index (κ2) is 9.08. The third-order valence-electron chi connectivity index (χ3n) is 5.17. The van der Waals surface area contributed by atoms with Gasteiger partial charge in [0.1, 0.15) is 5.75 Å². The van der Waals surface area contributed by atoms with Crippen molar-refractivity contribution in [1.82, 2.24) is 15.1 Å². The summed E-state index contributed by atoms with van der Waals surface area (Å²) in [5, 5.41) is 4.19. The van der Waals surface area contributed by atoms with Crippen LogP contribution in [0.4, 0.5) is 5.69 Å². The van der Waals surface area contributed by atoms with E-state index < -0.39 is 0 Å². The SMILES string of the molecule is Cc1ccc(Cl)c(N2CCNCC2)c1OCCCN1CCN(C)CC1. The largest absolute Gasteiger partial charge is 0.491 e. The molecule has 3 rings (SSSR count). The first-order valence-corrected chi connectivity index (χ1v) is 9.81. The number of ether oxygens (including phenoxy) is 1. The van der Waals surface area contributed by atoms with Gasteiger partial charge in [0.05, 0.1) is 17.3 Å². The van der Waals surface area contributed by atoms with Gasteiger partial charge < -0.3 is 24.8 Å². The molecular formula is C19H31ClN4O. The zero-order valence-corrected chi connectivity index (χ0v) is 16.3. The maximum Gasteiger partial charge on any atom is 0.147 e. The summed E-state index contributed by atoms with van der Waals surface area (Å²) in [7, 11) is 2.19. The molecule has 5 nitrogen and oxygen atoms in total. The smallest absolute Gasteiger partial charge is 0.147 e. The maximum atomic E-state index is 6.53. The van der Waals surface area contributed by atoms with E-state index in [2.05, 4.69) is 40.1 Å². The lowest BCUT2D eigenvalue weighted by Crippen LogP contribution is -2.45. The van der Waals surface area contributed by atoms with E-state index in [1.54, 1.807) is 0 Å². The van der Waals surface area contributed by atoms with Crippen molar-refractivity contribution in [2.24, 2.45) is 0 Å². The normalized spacial score (nSPS) is 20.0. The second-order valence-electron chi connectivity index (χ2n) is 7.13. The molecule has 0 bridgehead atoms. The first-order chi connectivity index (χ1) is 12.1. The van der Waals surface area contributed by atoms with Crippen molar-refractivity contribution in [3.63, 3.8) is 0 Å². The van der Waals surface area contributed by atoms with Crippen molar-refractivity contribution in [2.45, 2.75) is 13.3 Å². The van der Waals surface area contributed by atoms with Crippen LogP contribution in [0, 0.1) is 6.92 Å². The predicted molar refractivity (Wildman–Crippen MR) is 105 cm³/mol. The number of rotatable bonds is 6. The topological polar surface area (TPSA) is 31.0 Å². The Morgan fingerprint density at radius 1 is 1.08 bits per heavy atom. The minimum Gasteiger partial charge on any atom is -0.491 e. The van der Waals surface area contributed by atoms with Crippen LogP contribution in [0.1, 0.15) is 12.0 Å². The molecule has 0 amide bonds. The molecule has 0 radical (unpaired) electrons. The molecule has 2 saturated heterocycles. The van der Waals surface area contributed by atoms with E-state index in [-0.39, 0.29) is 0 Å². The van der Waals surface area contributed by atoms with Crippen molar-refractivity contribution in [3.8, 4) is 5.75 Å². The molecule has 2 aliphatic heterocycles. The van der Waals surface area contributed by atoms with Crippen LogP contribution in [-0.2, 0) is 0 Å². The number of hydrogen-bond donors (Lipinski definition) is 1. The number of likely N-dealkylation sites (N-methyl/N-ethyl adjacent to an activating group) is 1. The van der Waals surface area contributed by atoms with Crippen LogP contribution in [0.3, 0.4) is 0 Å². The lowest BCUT2D eigenvalue weighted by atomic mass is 10.1. The number of nitrogens with zero attached hydrogens (tertiary/aromatic N) is 3. The van der Waals surface area contributed by atoms with Gasteiger partial charge in [-0.15, -0.1) is 0 Å². The lowest BCUT2D eigenvalue weighted by Gasteiger charge is -2.33. The molecule has 2 aliphatic rings. The summed E-state index contributed by atoms with van der Waals surface area (Å²) in [6.07, 6.45) is 1.05. The number of anilines is 1. The quantitative estimate of drug-likeness (QED) is 0.779. The Kier molecular flexibility index (Phi) is 6.82. The van der Waals surface area contributed by atoms with Gasteiger partial charge in [0.15, 0.2) is 0 Å². The summed E-state index contributed by atoms with van der Waals surface area (Å²) >= 11 is 6.53. The van der Waals surface area contributed by atoms with Gasteiger partial charge in [-0.3, -0.25) is 0 Å². The number of halogens is 1. The molecule has 1 aromatic carbocycles. The van der Waals surface area contributed by atoms with E-state index in [4.69, 9.17) is 16.3 Å². The Balaban J connectivity index is 1.57. The first kappa shape index (κ1) is 18.8. The van der Waals surface area contributed by atoms with E-state index in [0.29, 0.717) is 0 Å². The predicted octanol–water partition coefficient (Wildman–Crippen LogP) is 2.07. The highest BCUT2D eigenvalue weighted by Crippen LogP contribution is 2.38. The van der Waals surface area contributed by atoms with Crippen LogP contribution in [-0.4, -0.2) is 82.4 Å². The summed E-state index contributed by atoms with van der Waals surface area (Å²) in [5.41, 5.74) is 2.24. The Hall–Kier alpha value is -1.01. The molecule has 0 atom stereocenters. The molecule has 2 heterocycles. The summed E-state index contributed by atoms with van der Waals surface area (Å²) in [4.78, 5) is 7.27. The van der Waals surface area contributed by atoms with E-state index in [9.17, 15) is 0 Å². The van der Waals surface area contributed by atoms with Crippen LogP contribution in [0.25, 0.3) is 0 Å². The molecule has 0 spiro atoms. The van der Waals surface area contributed by atoms with Crippen LogP contribution < -0.4 is 15.0 Å². The van der Waals surface area contributed by atoms with Gasteiger partial charge in [-0.1, -0.05) is 17.7 Å². The average molecular weight is 367 g/mol. The maximum absolute atomic E-state index is 6.53. The highest BCUT2D eigenvalue weighted by atomic mass is 35.5. The molecule has 0 unspecified atom stereocenters. The summed E-state index contributed by atoms with van der Waals surface area (Å²) in [6.45, 7) is 12.6. The van der Waals surface area contributed by atoms with Gasteiger partial charge in [-0.25, -0.2) is 0 Å². The molecule has 2 fully saturated rings. The molecule has 6 heteroatoms. The molecule has 25 heavy (non-hydrogen) atoms. The van der Waals surface area contributed by atoms with Crippen LogP contribution >= 0.6 is 11.6 Å². The Morgan fingerprint density at radius 2 is 1.80 bits per heavy atom. The second-order valence-corrected chi connectivity index (χ2v) is 7.53. The van der Waals surface area contributed by atoms with Crippen molar-refractivity contribution >= 4 is 17.3 Å². The minimum absolute atomic E-state index is 0.743. The fraction of sp³-hybridized carbons (Fsp3) is 0.684. The number of nitrogens with one attached hydrogen (secondary N) is 1. The third-order valence-corrected chi connectivity index (χ3v) is 5.48. The van der Waals surface area contributed by atoms with Gasteiger partial charge in [-0.05, 0) is 32.0 Å². The number of hydrogen-bond acceptors (Lipinski definition) is 5. The van der Waals surface area contributed by atoms with Crippen molar-refractivity contribution in [1.29, 1.82) is 0 Å². The number of benzene rings is 1. The Morgan fingerprint density at radius 3 is 2.52 bits per heavy atom. The van der Waals surface area contributed by atoms with Crippen molar-refractivity contribution in [3.05, 3.63) is 22.7 Å². The Bertz CT molecular complexity index is 555. The van der Waals surface area contributed by atoms with Gasteiger partial charge in [0, 0.05) is 58.9 Å². The summed E-state index contributed by atoms with van der Waals surface area (Å²) < 4.78 is 6.23. The minimum atomic E-state index is 0.743. The molecular weight excluding hydrogens is 336 g/mol. The molecule has 1 aromatic rings. The first-order valence-electron chi connectivity index (χ1n) is 9.43. The monoisotopic (exact) mass is 366 g/mol. The third kappa shape index (κ3) is 5.00. The lowest BCUT2D eigenvalue weighted by molar-refractivity contribution is 0.145.